The van der Waals surface area contributed by atoms with Gasteiger partial charge >= 0.3 is 7.32 Å². The molecule has 0 aliphatic rings. The smallest absolute Gasteiger partial charge is 0.509 e. The molecule has 0 atom stereocenters. The van der Waals surface area contributed by atoms with Crippen LogP contribution in [-0.4, -0.2) is 24.0 Å². The van der Waals surface area contributed by atoms with Crippen molar-refractivity contribution in [2.45, 2.75) is 13.3 Å². The molecule has 0 unspecified atom stereocenters. The summed E-state index contributed by atoms with van der Waals surface area (Å²) in [5.74, 6) is -0.501. The van der Waals surface area contributed by atoms with E-state index >= 15 is 0 Å². The molecule has 1 aromatic rings. The highest BCUT2D eigenvalue weighted by molar-refractivity contribution is 6.33. The van der Waals surface area contributed by atoms with Gasteiger partial charge in [0.1, 0.15) is 11.5 Å². The van der Waals surface area contributed by atoms with Gasteiger partial charge in [0.15, 0.2) is 5.82 Å². The average Bonchev–Trinajstić information content (AvgIpc) is 2.18. The van der Waals surface area contributed by atoms with Crippen LogP contribution in [0.5, 0.6) is 11.5 Å². The molecule has 82 valence electrons. The van der Waals surface area contributed by atoms with Crippen LogP contribution in [0.15, 0.2) is 18.2 Å². The van der Waals surface area contributed by atoms with Crippen LogP contribution in [0.3, 0.4) is 0 Å². The lowest BCUT2D eigenvalue weighted by molar-refractivity contribution is 0.278. The molecule has 0 radical (unpaired) electrons. The summed E-state index contributed by atoms with van der Waals surface area (Å²) in [5.41, 5.74) is 0. The molecule has 1 rings (SSSR count). The second kappa shape index (κ2) is 5.58. The Kier molecular flexibility index (Phi) is 4.39. The lowest BCUT2D eigenvalue weighted by Crippen LogP contribution is -2.21. The zero-order valence-electron chi connectivity index (χ0n) is 8.31. The van der Waals surface area contributed by atoms with Gasteiger partial charge in [-0.1, -0.05) is 6.92 Å². The fourth-order valence-corrected chi connectivity index (χ4v) is 0.997. The molecule has 0 fully saturated rings. The number of hydrogen-bond donors (Lipinski definition) is 2. The molecule has 0 amide bonds. The van der Waals surface area contributed by atoms with E-state index in [9.17, 15) is 4.39 Å². The van der Waals surface area contributed by atoms with E-state index in [1.807, 2.05) is 6.92 Å². The SMILES string of the molecule is CCCOc1ccc(F)c(OB(O)O)c1. The molecule has 1 aromatic carbocycles. The van der Waals surface area contributed by atoms with Crippen LogP contribution in [0.25, 0.3) is 0 Å². The molecule has 2 N–H and O–H groups in total. The van der Waals surface area contributed by atoms with Crippen molar-refractivity contribution in [2.75, 3.05) is 6.61 Å². The molecule has 0 saturated heterocycles. The molecule has 0 aliphatic carbocycles. The van der Waals surface area contributed by atoms with Gasteiger partial charge in [-0.25, -0.2) is 4.39 Å². The van der Waals surface area contributed by atoms with Gasteiger partial charge < -0.3 is 19.4 Å². The quantitative estimate of drug-likeness (QED) is 0.716. The molecule has 0 aliphatic heterocycles. The normalized spacial score (nSPS) is 9.87. The maximum absolute atomic E-state index is 13.0. The Labute approximate surface area is 87.4 Å². The van der Waals surface area contributed by atoms with Gasteiger partial charge in [0.05, 0.1) is 6.61 Å². The summed E-state index contributed by atoms with van der Waals surface area (Å²) in [6.07, 6.45) is 0.830. The first-order chi connectivity index (χ1) is 7.13. The van der Waals surface area contributed by atoms with Gasteiger partial charge in [0.2, 0.25) is 0 Å². The van der Waals surface area contributed by atoms with Crippen molar-refractivity contribution in [2.24, 2.45) is 0 Å². The maximum Gasteiger partial charge on any atom is 0.707 e. The highest BCUT2D eigenvalue weighted by Gasteiger charge is 2.15. The molecule has 0 bridgehead atoms. The van der Waals surface area contributed by atoms with E-state index in [1.54, 1.807) is 0 Å². The summed E-state index contributed by atoms with van der Waals surface area (Å²) in [4.78, 5) is 0. The summed E-state index contributed by atoms with van der Waals surface area (Å²) >= 11 is 0. The third-order valence-electron chi connectivity index (χ3n) is 1.61. The minimum atomic E-state index is -2.04. The summed E-state index contributed by atoms with van der Waals surface area (Å²) in [5, 5.41) is 17.0. The van der Waals surface area contributed by atoms with E-state index in [-0.39, 0.29) is 5.75 Å². The Bertz CT molecular complexity index is 319. The first-order valence-electron chi connectivity index (χ1n) is 4.58. The largest absolute Gasteiger partial charge is 0.707 e. The van der Waals surface area contributed by atoms with E-state index in [0.29, 0.717) is 12.4 Å². The molecular formula is C9H12BFO4. The van der Waals surface area contributed by atoms with Crippen LogP contribution >= 0.6 is 0 Å². The van der Waals surface area contributed by atoms with E-state index in [4.69, 9.17) is 14.8 Å². The van der Waals surface area contributed by atoms with Crippen LogP contribution in [0, 0.1) is 5.82 Å². The van der Waals surface area contributed by atoms with Gasteiger partial charge in [0.25, 0.3) is 0 Å². The first kappa shape index (κ1) is 11.8. The summed E-state index contributed by atoms with van der Waals surface area (Å²) < 4.78 is 22.7. The lowest BCUT2D eigenvalue weighted by atomic mass is 10.2. The minimum absolute atomic E-state index is 0.251. The van der Waals surface area contributed by atoms with Crippen LogP contribution in [0.2, 0.25) is 0 Å². The first-order valence-corrected chi connectivity index (χ1v) is 4.58. The van der Waals surface area contributed by atoms with Gasteiger partial charge in [-0.2, -0.15) is 0 Å². The number of benzene rings is 1. The van der Waals surface area contributed by atoms with Crippen molar-refractivity contribution in [3.8, 4) is 11.5 Å². The van der Waals surface area contributed by atoms with E-state index in [1.165, 1.54) is 12.1 Å². The van der Waals surface area contributed by atoms with Crippen molar-refractivity contribution < 1.29 is 23.8 Å². The Balaban J connectivity index is 2.75. The van der Waals surface area contributed by atoms with Gasteiger partial charge in [0, 0.05) is 6.07 Å². The van der Waals surface area contributed by atoms with Crippen molar-refractivity contribution >= 4 is 7.32 Å². The van der Waals surface area contributed by atoms with Gasteiger partial charge in [-0.15, -0.1) is 0 Å². The van der Waals surface area contributed by atoms with Crippen molar-refractivity contribution in [1.82, 2.24) is 0 Å². The van der Waals surface area contributed by atoms with Crippen LogP contribution in [0.4, 0.5) is 4.39 Å². The molecule has 0 saturated carbocycles. The molecule has 4 nitrogen and oxygen atoms in total. The van der Waals surface area contributed by atoms with Crippen molar-refractivity contribution in [3.63, 3.8) is 0 Å². The minimum Gasteiger partial charge on any atom is -0.509 e. The van der Waals surface area contributed by atoms with Crippen molar-refractivity contribution in [3.05, 3.63) is 24.0 Å². The van der Waals surface area contributed by atoms with Crippen LogP contribution in [0.1, 0.15) is 13.3 Å². The Hall–Kier alpha value is -1.27. The van der Waals surface area contributed by atoms with E-state index in [0.717, 1.165) is 12.5 Å². The van der Waals surface area contributed by atoms with E-state index in [2.05, 4.69) is 4.65 Å². The predicted octanol–water partition coefficient (Wildman–Crippen LogP) is 0.963. The van der Waals surface area contributed by atoms with Gasteiger partial charge in [-0.3, -0.25) is 0 Å². The molecule has 15 heavy (non-hydrogen) atoms. The highest BCUT2D eigenvalue weighted by atomic mass is 19.1. The molecular weight excluding hydrogens is 202 g/mol. The monoisotopic (exact) mass is 214 g/mol. The average molecular weight is 214 g/mol. The standard InChI is InChI=1S/C9H12BFO4/c1-2-5-14-7-3-4-8(11)9(6-7)15-10(12)13/h3-4,6,12-13H,2,5H2,1H3. The second-order valence-corrected chi connectivity index (χ2v) is 2.88. The fraction of sp³-hybridized carbons (Fsp3) is 0.333. The number of hydrogen-bond acceptors (Lipinski definition) is 4. The van der Waals surface area contributed by atoms with Crippen LogP contribution in [-0.2, 0) is 0 Å². The maximum atomic E-state index is 13.0. The lowest BCUT2D eigenvalue weighted by Gasteiger charge is -2.09. The summed E-state index contributed by atoms with van der Waals surface area (Å²) in [6.45, 7) is 2.45. The Morgan fingerprint density at radius 2 is 2.13 bits per heavy atom. The summed E-state index contributed by atoms with van der Waals surface area (Å²) in [6, 6.07) is 3.86. The van der Waals surface area contributed by atoms with Crippen LogP contribution < -0.4 is 9.39 Å². The third kappa shape index (κ3) is 3.77. The Morgan fingerprint density at radius 1 is 1.40 bits per heavy atom. The predicted molar refractivity (Wildman–Crippen MR) is 53.0 cm³/mol. The van der Waals surface area contributed by atoms with Crippen molar-refractivity contribution in [1.29, 1.82) is 0 Å². The molecule has 6 heteroatoms. The fourth-order valence-electron chi connectivity index (χ4n) is 0.997. The second-order valence-electron chi connectivity index (χ2n) is 2.88. The zero-order valence-corrected chi connectivity index (χ0v) is 8.31. The highest BCUT2D eigenvalue weighted by Crippen LogP contribution is 2.23. The van der Waals surface area contributed by atoms with Gasteiger partial charge in [-0.05, 0) is 18.6 Å². The molecule has 0 spiro atoms. The zero-order chi connectivity index (χ0) is 11.3. The number of ether oxygens (including phenoxy) is 1. The summed E-state index contributed by atoms with van der Waals surface area (Å²) in [7, 11) is -2.04. The van der Waals surface area contributed by atoms with E-state index < -0.39 is 13.1 Å². The number of rotatable bonds is 5. The third-order valence-corrected chi connectivity index (χ3v) is 1.61. The molecule has 0 aromatic heterocycles. The topological polar surface area (TPSA) is 58.9 Å². The Morgan fingerprint density at radius 3 is 2.73 bits per heavy atom. The molecule has 0 heterocycles. The number of halogens is 1.